The fourth-order valence-electron chi connectivity index (χ4n) is 2.14. The van der Waals surface area contributed by atoms with Crippen molar-refractivity contribution >= 4 is 33.3 Å². The first kappa shape index (κ1) is 14.2. The van der Waals surface area contributed by atoms with Crippen molar-refractivity contribution < 1.29 is 13.2 Å². The van der Waals surface area contributed by atoms with Gasteiger partial charge in [-0.25, -0.2) is 5.14 Å². The van der Waals surface area contributed by atoms with Crippen LogP contribution in [-0.2, 0) is 34.5 Å². The monoisotopic (exact) mass is 327 g/mol. The van der Waals surface area contributed by atoms with Gasteiger partial charge in [0.25, 0.3) is 10.2 Å². The third-order valence-electron chi connectivity index (χ3n) is 3.15. The number of aromatic amines is 1. The molecule has 1 aliphatic heterocycles. The fourth-order valence-corrected chi connectivity index (χ4v) is 3.46. The molecule has 0 fully saturated rings. The van der Waals surface area contributed by atoms with Gasteiger partial charge in [0.15, 0.2) is 5.82 Å². The lowest BCUT2D eigenvalue weighted by molar-refractivity contribution is -0.115. The minimum Gasteiger partial charge on any atom is -0.309 e. The molecule has 0 aromatic carbocycles. The highest BCUT2D eigenvalue weighted by atomic mass is 32.2. The van der Waals surface area contributed by atoms with Crippen LogP contribution in [0.1, 0.15) is 16.1 Å². The second-order valence-corrected chi connectivity index (χ2v) is 7.23. The minimum absolute atomic E-state index is 0.110. The number of aromatic nitrogens is 2. The molecule has 1 amide bonds. The highest BCUT2D eigenvalue weighted by Crippen LogP contribution is 2.28. The van der Waals surface area contributed by atoms with Crippen LogP contribution in [0.5, 0.6) is 0 Å². The second-order valence-electron chi connectivity index (χ2n) is 4.65. The Hall–Kier alpha value is -1.75. The van der Waals surface area contributed by atoms with E-state index in [0.29, 0.717) is 17.1 Å². The molecule has 21 heavy (non-hydrogen) atoms. The zero-order chi connectivity index (χ0) is 15.0. The van der Waals surface area contributed by atoms with E-state index in [-0.39, 0.29) is 25.4 Å². The van der Waals surface area contributed by atoms with Crippen LogP contribution in [0.2, 0.25) is 0 Å². The van der Waals surface area contributed by atoms with Crippen molar-refractivity contribution in [3.05, 3.63) is 33.6 Å². The van der Waals surface area contributed by atoms with Crippen molar-refractivity contribution in [3.8, 4) is 0 Å². The summed E-state index contributed by atoms with van der Waals surface area (Å²) in [6.45, 7) is 0.251. The van der Waals surface area contributed by atoms with Crippen molar-refractivity contribution in [2.75, 3.05) is 5.32 Å². The van der Waals surface area contributed by atoms with Crippen molar-refractivity contribution in [2.45, 2.75) is 19.5 Å². The van der Waals surface area contributed by atoms with Crippen LogP contribution in [0.3, 0.4) is 0 Å². The second kappa shape index (κ2) is 5.22. The van der Waals surface area contributed by atoms with Crippen LogP contribution in [0.25, 0.3) is 0 Å². The van der Waals surface area contributed by atoms with E-state index in [2.05, 4.69) is 15.5 Å². The number of carbonyl (C=O) groups excluding carboxylic acids is 1. The van der Waals surface area contributed by atoms with Gasteiger partial charge >= 0.3 is 0 Å². The Kier molecular flexibility index (Phi) is 3.53. The maximum atomic E-state index is 11.9. The third kappa shape index (κ3) is 2.97. The van der Waals surface area contributed by atoms with E-state index >= 15 is 0 Å². The fraction of sp³-hybridized carbons (Fsp3) is 0.273. The highest BCUT2D eigenvalue weighted by Gasteiger charge is 2.31. The summed E-state index contributed by atoms with van der Waals surface area (Å²) in [4.78, 5) is 12.9. The van der Waals surface area contributed by atoms with Crippen LogP contribution < -0.4 is 10.5 Å². The minimum atomic E-state index is -3.75. The van der Waals surface area contributed by atoms with Crippen LogP contribution in [0.15, 0.2) is 17.5 Å². The predicted octanol–water partition coefficient (Wildman–Crippen LogP) is 0.172. The summed E-state index contributed by atoms with van der Waals surface area (Å²) in [5.41, 5.74) is 1.30. The van der Waals surface area contributed by atoms with Gasteiger partial charge in [-0.2, -0.15) is 17.8 Å². The maximum Gasteiger partial charge on any atom is 0.277 e. The largest absolute Gasteiger partial charge is 0.309 e. The van der Waals surface area contributed by atoms with Gasteiger partial charge in [-0.05, 0) is 11.4 Å². The predicted molar refractivity (Wildman–Crippen MR) is 77.6 cm³/mol. The average Bonchev–Trinajstić information content (AvgIpc) is 3.06. The van der Waals surface area contributed by atoms with Crippen LogP contribution in [0, 0.1) is 0 Å². The van der Waals surface area contributed by atoms with Crippen molar-refractivity contribution in [2.24, 2.45) is 5.14 Å². The van der Waals surface area contributed by atoms with E-state index in [4.69, 9.17) is 5.14 Å². The molecule has 0 unspecified atom stereocenters. The summed E-state index contributed by atoms with van der Waals surface area (Å²) in [6.07, 6.45) is 0.262. The summed E-state index contributed by atoms with van der Waals surface area (Å²) >= 11 is 1.50. The molecule has 2 aromatic rings. The molecule has 8 nitrogen and oxygen atoms in total. The molecule has 0 spiro atoms. The summed E-state index contributed by atoms with van der Waals surface area (Å²) in [7, 11) is -3.75. The number of rotatable bonds is 4. The SMILES string of the molecule is NS(=O)(=O)N1Cc2[nH]nc(NC(=O)Cc3cccs3)c2C1. The quantitative estimate of drug-likeness (QED) is 0.741. The number of fused-ring (bicyclic) bond motifs is 1. The summed E-state index contributed by atoms with van der Waals surface area (Å²) < 4.78 is 23.8. The number of nitrogens with zero attached hydrogens (tertiary/aromatic N) is 2. The van der Waals surface area contributed by atoms with Crippen LogP contribution in [-0.4, -0.2) is 28.8 Å². The number of hydrogen-bond donors (Lipinski definition) is 3. The molecule has 3 rings (SSSR count). The van der Waals surface area contributed by atoms with Crippen molar-refractivity contribution in [1.29, 1.82) is 0 Å². The molecule has 4 N–H and O–H groups in total. The van der Waals surface area contributed by atoms with E-state index in [1.54, 1.807) is 0 Å². The Morgan fingerprint density at radius 1 is 1.52 bits per heavy atom. The summed E-state index contributed by atoms with van der Waals surface area (Å²) in [5, 5.41) is 16.4. The maximum absolute atomic E-state index is 11.9. The van der Waals surface area contributed by atoms with Gasteiger partial charge in [0.1, 0.15) is 0 Å². The molecular formula is C11H13N5O3S2. The summed E-state index contributed by atoms with van der Waals surface area (Å²) in [6, 6.07) is 3.76. The summed E-state index contributed by atoms with van der Waals surface area (Å²) in [5.74, 6) is 0.165. The normalized spacial score (nSPS) is 15.1. The zero-order valence-electron chi connectivity index (χ0n) is 10.9. The van der Waals surface area contributed by atoms with E-state index in [1.165, 1.54) is 11.3 Å². The molecule has 1 aliphatic rings. The zero-order valence-corrected chi connectivity index (χ0v) is 12.5. The lowest BCUT2D eigenvalue weighted by atomic mass is 10.2. The lowest BCUT2D eigenvalue weighted by Gasteiger charge is -2.11. The molecule has 0 radical (unpaired) electrons. The number of hydrogen-bond acceptors (Lipinski definition) is 5. The van der Waals surface area contributed by atoms with Crippen molar-refractivity contribution in [3.63, 3.8) is 0 Å². The van der Waals surface area contributed by atoms with Gasteiger partial charge in [-0.15, -0.1) is 11.3 Å². The lowest BCUT2D eigenvalue weighted by Crippen LogP contribution is -2.32. The molecule has 3 heterocycles. The van der Waals surface area contributed by atoms with Crippen LogP contribution >= 0.6 is 11.3 Å². The Balaban J connectivity index is 1.71. The number of anilines is 1. The molecule has 10 heteroatoms. The van der Waals surface area contributed by atoms with E-state index in [1.807, 2.05) is 17.5 Å². The number of nitrogens with two attached hydrogens (primary N) is 1. The smallest absolute Gasteiger partial charge is 0.277 e. The Labute approximate surface area is 125 Å². The van der Waals surface area contributed by atoms with Gasteiger partial charge in [0.2, 0.25) is 5.91 Å². The Bertz CT molecular complexity index is 766. The topological polar surface area (TPSA) is 121 Å². The van der Waals surface area contributed by atoms with E-state index in [9.17, 15) is 13.2 Å². The van der Waals surface area contributed by atoms with Crippen LogP contribution in [0.4, 0.5) is 5.82 Å². The number of carbonyl (C=O) groups is 1. The first-order chi connectivity index (χ1) is 9.93. The van der Waals surface area contributed by atoms with Crippen molar-refractivity contribution in [1.82, 2.24) is 14.5 Å². The van der Waals surface area contributed by atoms with Gasteiger partial charge < -0.3 is 5.32 Å². The Morgan fingerprint density at radius 3 is 3.00 bits per heavy atom. The molecule has 0 aliphatic carbocycles. The molecule has 0 saturated carbocycles. The highest BCUT2D eigenvalue weighted by molar-refractivity contribution is 7.86. The van der Waals surface area contributed by atoms with E-state index < -0.39 is 10.2 Å². The molecule has 0 bridgehead atoms. The Morgan fingerprint density at radius 2 is 2.33 bits per heavy atom. The first-order valence-corrected chi connectivity index (χ1v) is 8.48. The van der Waals surface area contributed by atoms with Gasteiger partial charge in [0, 0.05) is 17.0 Å². The average molecular weight is 327 g/mol. The first-order valence-electron chi connectivity index (χ1n) is 6.09. The number of H-pyrrole nitrogens is 1. The molecule has 0 atom stereocenters. The third-order valence-corrected chi connectivity index (χ3v) is 5.01. The number of nitrogens with one attached hydrogen (secondary N) is 2. The standard InChI is InChI=1S/C11H13N5O3S2/c12-21(18,19)16-5-8-9(6-16)14-15-11(8)13-10(17)4-7-2-1-3-20-7/h1-3H,4-6H2,(H2,12,18,19)(H2,13,14,15,17). The molecule has 2 aromatic heterocycles. The van der Waals surface area contributed by atoms with Gasteiger partial charge in [-0.1, -0.05) is 6.07 Å². The van der Waals surface area contributed by atoms with E-state index in [0.717, 1.165) is 9.18 Å². The number of thiophene rings is 1. The van der Waals surface area contributed by atoms with Gasteiger partial charge in [-0.3, -0.25) is 9.89 Å². The molecule has 112 valence electrons. The van der Waals surface area contributed by atoms with Gasteiger partial charge in [0.05, 0.1) is 18.7 Å². The number of amides is 1. The molecular weight excluding hydrogens is 314 g/mol. The molecule has 0 saturated heterocycles.